The molecule has 1 atom stereocenters. The molecule has 3 rings (SSSR count). The number of rotatable bonds is 4. The molecule has 1 aliphatic rings. The van der Waals surface area contributed by atoms with E-state index in [-0.39, 0.29) is 6.42 Å². The van der Waals surface area contributed by atoms with Crippen LogP contribution in [0.4, 0.5) is 5.82 Å². The third kappa shape index (κ3) is 2.72. The molecular formula is C15H19N3O2S. The van der Waals surface area contributed by atoms with E-state index in [4.69, 9.17) is 5.11 Å². The van der Waals surface area contributed by atoms with E-state index in [0.29, 0.717) is 12.5 Å². The van der Waals surface area contributed by atoms with Gasteiger partial charge in [-0.2, -0.15) is 0 Å². The summed E-state index contributed by atoms with van der Waals surface area (Å²) in [6.45, 7) is 4.52. The summed E-state index contributed by atoms with van der Waals surface area (Å²) in [5.41, 5.74) is 1.37. The number of hydrogen-bond donors (Lipinski definition) is 2. The maximum atomic E-state index is 10.7. The standard InChI is InChI=1S/C15H19N3O2S/c1-8-4-3-5-10-12(8)13-14(16-7-6-11(19)20)17-9(2)18-15(13)21-10/h8H,3-7H2,1-2H3,(H,19,20)(H,16,17,18). The zero-order chi connectivity index (χ0) is 15.0. The van der Waals surface area contributed by atoms with Crippen LogP contribution in [-0.4, -0.2) is 27.6 Å². The molecular weight excluding hydrogens is 286 g/mol. The second-order valence-corrected chi connectivity index (χ2v) is 6.69. The van der Waals surface area contributed by atoms with E-state index >= 15 is 0 Å². The number of hydrogen-bond acceptors (Lipinski definition) is 5. The molecule has 2 N–H and O–H groups in total. The van der Waals surface area contributed by atoms with Crippen molar-refractivity contribution < 1.29 is 9.90 Å². The van der Waals surface area contributed by atoms with Crippen molar-refractivity contribution in [3.8, 4) is 0 Å². The van der Waals surface area contributed by atoms with Crippen molar-refractivity contribution in [2.24, 2.45) is 0 Å². The first kappa shape index (κ1) is 14.3. The average molecular weight is 305 g/mol. The molecule has 0 saturated heterocycles. The van der Waals surface area contributed by atoms with Crippen LogP contribution in [-0.2, 0) is 11.2 Å². The van der Waals surface area contributed by atoms with Crippen molar-refractivity contribution in [1.29, 1.82) is 0 Å². The van der Waals surface area contributed by atoms with E-state index in [1.807, 2.05) is 6.92 Å². The minimum absolute atomic E-state index is 0.0897. The fraction of sp³-hybridized carbons (Fsp3) is 0.533. The molecule has 6 heteroatoms. The van der Waals surface area contributed by atoms with Gasteiger partial charge < -0.3 is 10.4 Å². The Morgan fingerprint density at radius 2 is 2.29 bits per heavy atom. The number of aromatic nitrogens is 2. The van der Waals surface area contributed by atoms with Crippen LogP contribution in [0.5, 0.6) is 0 Å². The smallest absolute Gasteiger partial charge is 0.305 e. The molecule has 0 spiro atoms. The van der Waals surface area contributed by atoms with Crippen LogP contribution in [0.2, 0.25) is 0 Å². The minimum atomic E-state index is -0.801. The lowest BCUT2D eigenvalue weighted by Gasteiger charge is -2.19. The lowest BCUT2D eigenvalue weighted by molar-refractivity contribution is -0.136. The molecule has 5 nitrogen and oxygen atoms in total. The number of aryl methyl sites for hydroxylation is 2. The lowest BCUT2D eigenvalue weighted by atomic mass is 9.87. The fourth-order valence-electron chi connectivity index (χ4n) is 3.01. The summed E-state index contributed by atoms with van der Waals surface area (Å²) in [4.78, 5) is 22.2. The zero-order valence-corrected chi connectivity index (χ0v) is 13.1. The Labute approximate surface area is 127 Å². The van der Waals surface area contributed by atoms with Gasteiger partial charge in [-0.25, -0.2) is 9.97 Å². The second kappa shape index (κ2) is 5.60. The van der Waals surface area contributed by atoms with E-state index in [0.717, 1.165) is 28.3 Å². The number of fused-ring (bicyclic) bond motifs is 3. The van der Waals surface area contributed by atoms with Crippen molar-refractivity contribution >= 4 is 33.3 Å². The summed E-state index contributed by atoms with van der Waals surface area (Å²) in [6, 6.07) is 0. The van der Waals surface area contributed by atoms with Gasteiger partial charge in [0.25, 0.3) is 0 Å². The van der Waals surface area contributed by atoms with Crippen molar-refractivity contribution in [3.63, 3.8) is 0 Å². The highest BCUT2D eigenvalue weighted by atomic mass is 32.1. The van der Waals surface area contributed by atoms with Gasteiger partial charge in [-0.05, 0) is 37.7 Å². The van der Waals surface area contributed by atoms with Crippen LogP contribution in [0.25, 0.3) is 10.2 Å². The Morgan fingerprint density at radius 3 is 3.05 bits per heavy atom. The highest BCUT2D eigenvalue weighted by Crippen LogP contribution is 2.43. The van der Waals surface area contributed by atoms with E-state index < -0.39 is 5.97 Å². The molecule has 0 bridgehead atoms. The van der Waals surface area contributed by atoms with Crippen molar-refractivity contribution in [3.05, 3.63) is 16.3 Å². The summed E-state index contributed by atoms with van der Waals surface area (Å²) in [5, 5.41) is 13.1. The van der Waals surface area contributed by atoms with Crippen LogP contribution >= 0.6 is 11.3 Å². The lowest BCUT2D eigenvalue weighted by Crippen LogP contribution is -2.11. The fourth-order valence-corrected chi connectivity index (χ4v) is 4.39. The first-order chi connectivity index (χ1) is 10.1. The van der Waals surface area contributed by atoms with Crippen molar-refractivity contribution in [1.82, 2.24) is 9.97 Å². The number of nitrogens with zero attached hydrogens (tertiary/aromatic N) is 2. The SMILES string of the molecule is Cc1nc(NCCC(=O)O)c2c3c(sc2n1)CCCC3C. The first-order valence-corrected chi connectivity index (χ1v) is 8.13. The molecule has 0 aliphatic heterocycles. The molecule has 1 aliphatic carbocycles. The topological polar surface area (TPSA) is 75.1 Å². The zero-order valence-electron chi connectivity index (χ0n) is 12.3. The Hall–Kier alpha value is -1.69. The molecule has 0 saturated carbocycles. The van der Waals surface area contributed by atoms with Gasteiger partial charge in [0.05, 0.1) is 11.8 Å². The average Bonchev–Trinajstić information content (AvgIpc) is 2.77. The van der Waals surface area contributed by atoms with Crippen molar-refractivity contribution in [2.75, 3.05) is 11.9 Å². The molecule has 21 heavy (non-hydrogen) atoms. The van der Waals surface area contributed by atoms with Crippen LogP contribution in [0.1, 0.15) is 48.4 Å². The number of aliphatic carboxylic acids is 1. The largest absolute Gasteiger partial charge is 0.481 e. The predicted molar refractivity (Wildman–Crippen MR) is 84.2 cm³/mol. The molecule has 1 unspecified atom stereocenters. The summed E-state index contributed by atoms with van der Waals surface area (Å²) in [7, 11) is 0. The number of carbonyl (C=O) groups is 1. The number of carboxylic acids is 1. The van der Waals surface area contributed by atoms with E-state index in [1.165, 1.54) is 23.3 Å². The Bertz CT molecular complexity index is 696. The molecule has 112 valence electrons. The Balaban J connectivity index is 2.05. The summed E-state index contributed by atoms with van der Waals surface area (Å²) >= 11 is 1.76. The maximum Gasteiger partial charge on any atom is 0.305 e. The number of carboxylic acid groups (broad SMARTS) is 1. The minimum Gasteiger partial charge on any atom is -0.481 e. The quantitative estimate of drug-likeness (QED) is 0.906. The van der Waals surface area contributed by atoms with Crippen LogP contribution in [0.3, 0.4) is 0 Å². The van der Waals surface area contributed by atoms with E-state index in [9.17, 15) is 4.79 Å². The monoisotopic (exact) mass is 305 g/mol. The van der Waals surface area contributed by atoms with Gasteiger partial charge in [0, 0.05) is 11.4 Å². The van der Waals surface area contributed by atoms with Crippen LogP contribution in [0, 0.1) is 6.92 Å². The highest BCUT2D eigenvalue weighted by Gasteiger charge is 2.25. The van der Waals surface area contributed by atoms with Crippen LogP contribution < -0.4 is 5.32 Å². The van der Waals surface area contributed by atoms with Gasteiger partial charge in [0.2, 0.25) is 0 Å². The number of thiophene rings is 1. The maximum absolute atomic E-state index is 10.7. The number of nitrogens with one attached hydrogen (secondary N) is 1. The third-order valence-electron chi connectivity index (χ3n) is 3.94. The molecule has 2 heterocycles. The molecule has 0 fully saturated rings. The normalized spacial score (nSPS) is 17.7. The van der Waals surface area contributed by atoms with Crippen LogP contribution in [0.15, 0.2) is 0 Å². The summed E-state index contributed by atoms with van der Waals surface area (Å²) < 4.78 is 0. The highest BCUT2D eigenvalue weighted by molar-refractivity contribution is 7.19. The number of anilines is 1. The van der Waals surface area contributed by atoms with Gasteiger partial charge in [-0.1, -0.05) is 6.92 Å². The van der Waals surface area contributed by atoms with Gasteiger partial charge in [-0.3, -0.25) is 4.79 Å². The predicted octanol–water partition coefficient (Wildman–Crippen LogP) is 3.33. The Kier molecular flexibility index (Phi) is 3.80. The molecule has 2 aromatic rings. The van der Waals surface area contributed by atoms with Gasteiger partial charge >= 0.3 is 5.97 Å². The van der Waals surface area contributed by atoms with Gasteiger partial charge in [0.15, 0.2) is 0 Å². The molecule has 0 radical (unpaired) electrons. The van der Waals surface area contributed by atoms with Crippen molar-refractivity contribution in [2.45, 2.75) is 45.4 Å². The molecule has 2 aromatic heterocycles. The summed E-state index contributed by atoms with van der Waals surface area (Å²) in [5.74, 6) is 1.25. The van der Waals surface area contributed by atoms with E-state index in [2.05, 4.69) is 22.2 Å². The first-order valence-electron chi connectivity index (χ1n) is 7.32. The second-order valence-electron chi connectivity index (χ2n) is 5.60. The third-order valence-corrected chi connectivity index (χ3v) is 5.10. The Morgan fingerprint density at radius 1 is 1.48 bits per heavy atom. The molecule has 0 aromatic carbocycles. The van der Waals surface area contributed by atoms with Gasteiger partial charge in [0.1, 0.15) is 16.5 Å². The summed E-state index contributed by atoms with van der Waals surface area (Å²) in [6.07, 6.45) is 3.64. The van der Waals surface area contributed by atoms with E-state index in [1.54, 1.807) is 11.3 Å². The molecule has 0 amide bonds. The van der Waals surface area contributed by atoms with Gasteiger partial charge in [-0.15, -0.1) is 11.3 Å².